The molecule has 1 saturated heterocycles. The van der Waals surface area contributed by atoms with Crippen LogP contribution >= 0.6 is 15.9 Å². The lowest BCUT2D eigenvalue weighted by Crippen LogP contribution is -2.39. The summed E-state index contributed by atoms with van der Waals surface area (Å²) < 4.78 is 0.865. The number of anilines is 2. The summed E-state index contributed by atoms with van der Waals surface area (Å²) in [5.74, 6) is -0.518. The lowest BCUT2D eigenvalue weighted by molar-refractivity contribution is -0.120. The van der Waals surface area contributed by atoms with Crippen LogP contribution in [0.15, 0.2) is 47.2 Å². The van der Waals surface area contributed by atoms with Gasteiger partial charge in [0.2, 0.25) is 5.91 Å². The summed E-state index contributed by atoms with van der Waals surface area (Å²) >= 11 is 3.44. The van der Waals surface area contributed by atoms with Gasteiger partial charge in [-0.3, -0.25) is 14.6 Å². The number of nitrogens with zero attached hydrogens (tertiary/aromatic N) is 2. The van der Waals surface area contributed by atoms with Crippen molar-refractivity contribution in [2.75, 3.05) is 23.3 Å². The molecule has 0 aliphatic carbocycles. The third kappa shape index (κ3) is 3.99. The van der Waals surface area contributed by atoms with E-state index in [1.165, 1.54) is 6.20 Å². The number of piperidine rings is 1. The van der Waals surface area contributed by atoms with E-state index in [9.17, 15) is 9.59 Å². The molecular weight excluding hydrogens is 384 g/mol. The Bertz CT molecular complexity index is 788. The molecule has 1 aliphatic rings. The Morgan fingerprint density at radius 1 is 1.20 bits per heavy atom. The van der Waals surface area contributed by atoms with Gasteiger partial charge >= 0.3 is 0 Å². The van der Waals surface area contributed by atoms with E-state index in [4.69, 9.17) is 5.73 Å². The molecule has 2 amide bonds. The van der Waals surface area contributed by atoms with Crippen LogP contribution in [0, 0.1) is 5.92 Å². The van der Waals surface area contributed by atoms with Gasteiger partial charge in [0.1, 0.15) is 0 Å². The molecule has 1 aromatic heterocycles. The second-order valence-corrected chi connectivity index (χ2v) is 6.84. The summed E-state index contributed by atoms with van der Waals surface area (Å²) in [6.45, 7) is 1.39. The number of aromatic nitrogens is 1. The van der Waals surface area contributed by atoms with Crippen LogP contribution in [0.3, 0.4) is 0 Å². The summed E-state index contributed by atoms with van der Waals surface area (Å²) in [4.78, 5) is 30.1. The minimum absolute atomic E-state index is 0.0244. The minimum atomic E-state index is -0.489. The first kappa shape index (κ1) is 17.4. The minimum Gasteiger partial charge on any atom is -0.371 e. The van der Waals surface area contributed by atoms with Gasteiger partial charge in [0.25, 0.3) is 5.91 Å². The van der Waals surface area contributed by atoms with Crippen molar-refractivity contribution in [3.8, 4) is 0 Å². The number of primary amides is 1. The van der Waals surface area contributed by atoms with Crippen LogP contribution < -0.4 is 16.0 Å². The fourth-order valence-corrected chi connectivity index (χ4v) is 3.42. The van der Waals surface area contributed by atoms with Crippen LogP contribution in [0.1, 0.15) is 23.2 Å². The molecule has 0 radical (unpaired) electrons. The van der Waals surface area contributed by atoms with Gasteiger partial charge in [-0.2, -0.15) is 0 Å². The first-order chi connectivity index (χ1) is 12.1. The molecule has 0 spiro atoms. The summed E-state index contributed by atoms with van der Waals surface area (Å²) in [6.07, 6.45) is 4.57. The molecule has 1 fully saturated rings. The molecule has 6 nitrogen and oxygen atoms in total. The summed E-state index contributed by atoms with van der Waals surface area (Å²) in [5.41, 5.74) is 7.40. The number of nitrogens with two attached hydrogens (primary N) is 1. The van der Waals surface area contributed by atoms with E-state index in [1.807, 2.05) is 24.3 Å². The fraction of sp³-hybridized carbons (Fsp3) is 0.278. The van der Waals surface area contributed by atoms with Gasteiger partial charge in [0.15, 0.2) is 0 Å². The highest BCUT2D eigenvalue weighted by Crippen LogP contribution is 2.28. The molecule has 7 heteroatoms. The summed E-state index contributed by atoms with van der Waals surface area (Å²) in [7, 11) is 0. The van der Waals surface area contributed by atoms with Gasteiger partial charge in [-0.05, 0) is 47.0 Å². The predicted octanol–water partition coefficient (Wildman–Crippen LogP) is 2.80. The van der Waals surface area contributed by atoms with Gasteiger partial charge in [-0.25, -0.2) is 0 Å². The van der Waals surface area contributed by atoms with Crippen molar-refractivity contribution in [2.24, 2.45) is 11.7 Å². The summed E-state index contributed by atoms with van der Waals surface area (Å²) in [5, 5.41) is 2.98. The number of hydrogen-bond acceptors (Lipinski definition) is 4. The van der Waals surface area contributed by atoms with Gasteiger partial charge in [-0.1, -0.05) is 12.1 Å². The normalized spacial score (nSPS) is 15.0. The monoisotopic (exact) mass is 402 g/mol. The average Bonchev–Trinajstić information content (AvgIpc) is 2.63. The van der Waals surface area contributed by atoms with Crippen molar-refractivity contribution in [3.63, 3.8) is 0 Å². The molecule has 2 aromatic rings. The van der Waals surface area contributed by atoms with E-state index in [0.717, 1.165) is 28.7 Å². The highest BCUT2D eigenvalue weighted by Gasteiger charge is 2.27. The molecule has 3 N–H and O–H groups in total. The van der Waals surface area contributed by atoms with Crippen molar-refractivity contribution in [2.45, 2.75) is 12.8 Å². The van der Waals surface area contributed by atoms with Crippen LogP contribution in [0.4, 0.5) is 11.4 Å². The van der Waals surface area contributed by atoms with E-state index >= 15 is 0 Å². The van der Waals surface area contributed by atoms with E-state index in [2.05, 4.69) is 31.1 Å². The van der Waals surface area contributed by atoms with Crippen LogP contribution in [0.25, 0.3) is 0 Å². The maximum atomic E-state index is 12.5. The topological polar surface area (TPSA) is 88.3 Å². The predicted molar refractivity (Wildman–Crippen MR) is 100 cm³/mol. The standard InChI is InChI=1S/C18H19BrN4O2/c19-14-3-1-2-4-15(14)22-18(25)12-6-9-23(10-7-12)16-5-8-21-11-13(16)17(20)24/h1-5,8,11-12H,6-7,9-10H2,(H2,20,24)(H,22,25). The zero-order valence-corrected chi connectivity index (χ0v) is 15.2. The third-order valence-corrected chi connectivity index (χ3v) is 5.09. The number of halogens is 1. The molecular formula is C18H19BrN4O2. The Hall–Kier alpha value is -2.41. The van der Waals surface area contributed by atoms with Crippen molar-refractivity contribution < 1.29 is 9.59 Å². The lowest BCUT2D eigenvalue weighted by atomic mass is 9.95. The highest BCUT2D eigenvalue weighted by molar-refractivity contribution is 9.10. The smallest absolute Gasteiger partial charge is 0.252 e. The quantitative estimate of drug-likeness (QED) is 0.822. The van der Waals surface area contributed by atoms with E-state index < -0.39 is 5.91 Å². The van der Waals surface area contributed by atoms with Crippen molar-refractivity contribution in [3.05, 3.63) is 52.8 Å². The van der Waals surface area contributed by atoms with Gasteiger partial charge in [0.05, 0.1) is 16.9 Å². The lowest BCUT2D eigenvalue weighted by Gasteiger charge is -2.33. The highest BCUT2D eigenvalue weighted by atomic mass is 79.9. The number of amides is 2. The van der Waals surface area contributed by atoms with E-state index in [0.29, 0.717) is 18.7 Å². The first-order valence-corrected chi connectivity index (χ1v) is 8.89. The fourth-order valence-electron chi connectivity index (χ4n) is 3.03. The van der Waals surface area contributed by atoms with Crippen molar-refractivity contribution in [1.29, 1.82) is 0 Å². The third-order valence-electron chi connectivity index (χ3n) is 4.40. The molecule has 2 heterocycles. The molecule has 1 aromatic carbocycles. The molecule has 0 atom stereocenters. The second kappa shape index (κ2) is 7.65. The number of carbonyl (C=O) groups is 2. The van der Waals surface area contributed by atoms with E-state index in [-0.39, 0.29) is 11.8 Å². The first-order valence-electron chi connectivity index (χ1n) is 8.10. The van der Waals surface area contributed by atoms with Crippen LogP contribution in [-0.2, 0) is 4.79 Å². The Kier molecular flexibility index (Phi) is 5.33. The maximum absolute atomic E-state index is 12.5. The van der Waals surface area contributed by atoms with Gasteiger partial charge < -0.3 is 16.0 Å². The number of rotatable bonds is 4. The maximum Gasteiger partial charge on any atom is 0.252 e. The SMILES string of the molecule is NC(=O)c1cnccc1N1CCC(C(=O)Nc2ccccc2Br)CC1. The molecule has 1 aliphatic heterocycles. The number of carbonyl (C=O) groups excluding carboxylic acids is 2. The Morgan fingerprint density at radius 3 is 2.60 bits per heavy atom. The molecule has 3 rings (SSSR count). The Labute approximate surface area is 154 Å². The molecule has 130 valence electrons. The summed E-state index contributed by atoms with van der Waals surface area (Å²) in [6, 6.07) is 9.35. The Balaban J connectivity index is 1.63. The zero-order valence-electron chi connectivity index (χ0n) is 13.6. The second-order valence-electron chi connectivity index (χ2n) is 5.99. The van der Waals surface area contributed by atoms with Gasteiger partial charge in [-0.15, -0.1) is 0 Å². The van der Waals surface area contributed by atoms with Crippen LogP contribution in [-0.4, -0.2) is 29.9 Å². The van der Waals surface area contributed by atoms with E-state index in [1.54, 1.807) is 12.3 Å². The Morgan fingerprint density at radius 2 is 1.92 bits per heavy atom. The molecule has 0 bridgehead atoms. The van der Waals surface area contributed by atoms with Crippen molar-refractivity contribution >= 4 is 39.1 Å². The van der Waals surface area contributed by atoms with Crippen molar-refractivity contribution in [1.82, 2.24) is 4.98 Å². The number of para-hydroxylation sites is 1. The zero-order chi connectivity index (χ0) is 17.8. The molecule has 0 unspecified atom stereocenters. The van der Waals surface area contributed by atoms with Gasteiger partial charge in [0, 0.05) is 35.9 Å². The van der Waals surface area contributed by atoms with Crippen LogP contribution in [0.5, 0.6) is 0 Å². The molecule has 25 heavy (non-hydrogen) atoms. The largest absolute Gasteiger partial charge is 0.371 e. The number of nitrogens with one attached hydrogen (secondary N) is 1. The number of hydrogen-bond donors (Lipinski definition) is 2. The average molecular weight is 403 g/mol. The number of benzene rings is 1. The number of pyridine rings is 1. The van der Waals surface area contributed by atoms with Crippen LogP contribution in [0.2, 0.25) is 0 Å². The molecule has 0 saturated carbocycles.